The molecule has 0 bridgehead atoms. The highest BCUT2D eigenvalue weighted by Crippen LogP contribution is 2.41. The molecule has 0 unspecified atom stereocenters. The van der Waals surface area contributed by atoms with Crippen molar-refractivity contribution in [3.05, 3.63) is 80.8 Å². The number of allylic oxidation sites excluding steroid dienone is 5. The molecular weight excluding hydrogens is 412 g/mol. The summed E-state index contributed by atoms with van der Waals surface area (Å²) in [5, 5.41) is 9.25. The van der Waals surface area contributed by atoms with Gasteiger partial charge in [0.15, 0.2) is 0 Å². The van der Waals surface area contributed by atoms with Crippen LogP contribution in [0.1, 0.15) is 52.0 Å². The maximum atomic E-state index is 4.15. The van der Waals surface area contributed by atoms with E-state index in [0.29, 0.717) is 0 Å². The van der Waals surface area contributed by atoms with Crippen LogP contribution in [0.15, 0.2) is 85.5 Å². The van der Waals surface area contributed by atoms with Crippen LogP contribution in [0.4, 0.5) is 0 Å². The Labute approximate surface area is 188 Å². The molecule has 29 heavy (non-hydrogen) atoms. The predicted octanol–water partition coefficient (Wildman–Crippen LogP) is 8.57. The average Bonchev–Trinajstić information content (AvgIpc) is 3.17. The van der Waals surface area contributed by atoms with E-state index < -0.39 is 0 Å². The second-order valence-electron chi connectivity index (χ2n) is 6.58. The molecule has 2 nitrogen and oxygen atoms in total. The first-order chi connectivity index (χ1) is 14.1. The van der Waals surface area contributed by atoms with E-state index in [0.717, 1.165) is 27.2 Å². The smallest absolute Gasteiger partial charge is 0.107 e. The Morgan fingerprint density at radius 1 is 1.17 bits per heavy atom. The van der Waals surface area contributed by atoms with Crippen LogP contribution >= 0.6 is 35.3 Å². The summed E-state index contributed by atoms with van der Waals surface area (Å²) in [5.41, 5.74) is 3.90. The van der Waals surface area contributed by atoms with Gasteiger partial charge in [0.1, 0.15) is 5.04 Å². The summed E-state index contributed by atoms with van der Waals surface area (Å²) in [7, 11) is 0. The lowest BCUT2D eigenvalue weighted by atomic mass is 10.1. The van der Waals surface area contributed by atoms with E-state index in [1.807, 2.05) is 24.8 Å². The number of thioether (sulfide) groups is 3. The van der Waals surface area contributed by atoms with Crippen molar-refractivity contribution in [1.82, 2.24) is 0 Å². The van der Waals surface area contributed by atoms with Crippen molar-refractivity contribution in [1.29, 1.82) is 0 Å². The third-order valence-electron chi connectivity index (χ3n) is 4.13. The van der Waals surface area contributed by atoms with Gasteiger partial charge in [-0.3, -0.25) is 0 Å². The molecule has 3 rings (SSSR count). The molecule has 1 aromatic rings. The summed E-state index contributed by atoms with van der Waals surface area (Å²) in [6.07, 6.45) is 13.5. The normalized spacial score (nSPS) is 15.8. The van der Waals surface area contributed by atoms with Gasteiger partial charge in [-0.2, -0.15) is 5.10 Å². The predicted molar refractivity (Wildman–Crippen MR) is 138 cm³/mol. The second-order valence-corrected chi connectivity index (χ2v) is 10.4. The summed E-state index contributed by atoms with van der Waals surface area (Å²) >= 11 is 5.18. The molecule has 0 aromatic heterocycles. The van der Waals surface area contributed by atoms with Gasteiger partial charge in [0.05, 0.1) is 0 Å². The van der Waals surface area contributed by atoms with Gasteiger partial charge < -0.3 is 0 Å². The van der Waals surface area contributed by atoms with Gasteiger partial charge in [-0.1, -0.05) is 97.2 Å². The third kappa shape index (κ3) is 9.75. The Hall–Kier alpha value is -1.43. The van der Waals surface area contributed by atoms with Crippen LogP contribution in [0.2, 0.25) is 0 Å². The monoisotopic (exact) mass is 442 g/mol. The van der Waals surface area contributed by atoms with Crippen molar-refractivity contribution >= 4 is 46.0 Å². The van der Waals surface area contributed by atoms with Crippen molar-refractivity contribution in [3.63, 3.8) is 0 Å². The molecule has 0 radical (unpaired) electrons. The summed E-state index contributed by atoms with van der Waals surface area (Å²) < 4.78 is 2.32. The molecule has 0 atom stereocenters. The fourth-order valence-corrected chi connectivity index (χ4v) is 5.81. The molecule has 0 saturated carbocycles. The van der Waals surface area contributed by atoms with E-state index in [4.69, 9.17) is 0 Å². The highest BCUT2D eigenvalue weighted by Gasteiger charge is 2.12. The molecule has 1 aliphatic heterocycles. The van der Waals surface area contributed by atoms with E-state index >= 15 is 0 Å². The number of benzene rings is 1. The fraction of sp³-hybridized carbons (Fsp3) is 0.333. The van der Waals surface area contributed by atoms with E-state index in [1.54, 1.807) is 23.5 Å². The van der Waals surface area contributed by atoms with Crippen molar-refractivity contribution < 1.29 is 0 Å². The highest BCUT2D eigenvalue weighted by atomic mass is 32.2. The van der Waals surface area contributed by atoms with Crippen LogP contribution in [-0.2, 0) is 5.75 Å². The number of hydrogen-bond donors (Lipinski definition) is 0. The Bertz CT molecular complexity index is 818. The van der Waals surface area contributed by atoms with Crippen molar-refractivity contribution in [3.8, 4) is 0 Å². The van der Waals surface area contributed by atoms with Crippen LogP contribution in [-0.4, -0.2) is 10.8 Å². The Morgan fingerprint density at radius 2 is 1.97 bits per heavy atom. The lowest BCUT2D eigenvalue weighted by molar-refractivity contribution is 0.984. The number of hydrogen-bond acceptors (Lipinski definition) is 5. The zero-order valence-corrected chi connectivity index (χ0v) is 20.0. The molecule has 5 heteroatoms. The van der Waals surface area contributed by atoms with E-state index in [2.05, 4.69) is 79.2 Å². The second kappa shape index (κ2) is 13.7. The third-order valence-corrected chi connectivity index (χ3v) is 7.58. The van der Waals surface area contributed by atoms with Gasteiger partial charge in [0.2, 0.25) is 0 Å². The fourth-order valence-electron chi connectivity index (χ4n) is 2.58. The lowest BCUT2D eigenvalue weighted by Gasteiger charge is -2.08. The Morgan fingerprint density at radius 3 is 2.52 bits per heavy atom. The minimum atomic E-state index is 0.854. The van der Waals surface area contributed by atoms with Crippen LogP contribution in [0.25, 0.3) is 0 Å². The number of rotatable bonds is 7. The maximum Gasteiger partial charge on any atom is 0.107 e. The standard InChI is InChI=1S/C16H18N2S3.C8H12/c1-4-16(19-11-14-8-6-5-7-9-14)21-13(3)20-15-10-12(2)17-18-15;1-2-8-6-4-3-5-7-8/h4-9H,3,10-11H2,1-2H3;4,6-7H,2-3,5H2,1H3/b16-4-;. The number of nitrogens with zero attached hydrogens (tertiary/aromatic N) is 2. The molecule has 0 fully saturated rings. The van der Waals surface area contributed by atoms with Gasteiger partial charge in [0.25, 0.3) is 0 Å². The maximum absolute atomic E-state index is 4.15. The SMILES string of the molecule is C=C(SC1=NN=C(C)C1)S/C(=C\C)SCc1ccccc1.CCC1=CCCC=C1. The van der Waals surface area contributed by atoms with Gasteiger partial charge in [-0.25, -0.2) is 0 Å². The van der Waals surface area contributed by atoms with Crippen LogP contribution < -0.4 is 0 Å². The van der Waals surface area contributed by atoms with Crippen LogP contribution in [0.5, 0.6) is 0 Å². The zero-order chi connectivity index (χ0) is 20.9. The molecular formula is C24H30N2S3. The summed E-state index contributed by atoms with van der Waals surface area (Å²) in [6, 6.07) is 10.5. The lowest BCUT2D eigenvalue weighted by Crippen LogP contribution is -1.93. The summed E-state index contributed by atoms with van der Waals surface area (Å²) in [6.45, 7) is 10.4. The van der Waals surface area contributed by atoms with Crippen molar-refractivity contribution in [2.75, 3.05) is 0 Å². The van der Waals surface area contributed by atoms with E-state index in [-0.39, 0.29) is 0 Å². The molecule has 0 spiro atoms. The highest BCUT2D eigenvalue weighted by molar-refractivity contribution is 8.35. The molecule has 1 heterocycles. The van der Waals surface area contributed by atoms with Gasteiger partial charge in [-0.05, 0) is 38.7 Å². The van der Waals surface area contributed by atoms with Crippen molar-refractivity contribution in [2.24, 2.45) is 10.2 Å². The summed E-state index contributed by atoms with van der Waals surface area (Å²) in [5.74, 6) is 0.981. The average molecular weight is 443 g/mol. The minimum absolute atomic E-state index is 0.854. The van der Waals surface area contributed by atoms with Crippen LogP contribution in [0, 0.1) is 0 Å². The Balaban J connectivity index is 0.000000313. The van der Waals surface area contributed by atoms with Gasteiger partial charge >= 0.3 is 0 Å². The topological polar surface area (TPSA) is 24.7 Å². The van der Waals surface area contributed by atoms with Crippen molar-refractivity contribution in [2.45, 2.75) is 52.2 Å². The first-order valence-corrected chi connectivity index (χ1v) is 12.6. The summed E-state index contributed by atoms with van der Waals surface area (Å²) in [4.78, 5) is 0. The molecule has 0 N–H and O–H groups in total. The quantitative estimate of drug-likeness (QED) is 0.422. The molecule has 0 amide bonds. The first kappa shape index (κ1) is 23.8. The van der Waals surface area contributed by atoms with E-state index in [9.17, 15) is 0 Å². The molecule has 1 aliphatic carbocycles. The molecule has 1 aromatic carbocycles. The zero-order valence-electron chi connectivity index (χ0n) is 17.6. The largest absolute Gasteiger partial charge is 0.159 e. The van der Waals surface area contributed by atoms with Gasteiger partial charge in [0, 0.05) is 26.4 Å². The first-order valence-electron chi connectivity index (χ1n) is 9.94. The minimum Gasteiger partial charge on any atom is -0.159 e. The van der Waals surface area contributed by atoms with E-state index in [1.165, 1.54) is 34.6 Å². The molecule has 0 saturated heterocycles. The molecule has 2 aliphatic rings. The Kier molecular flexibility index (Phi) is 11.3. The molecule has 154 valence electrons. The van der Waals surface area contributed by atoms with Crippen LogP contribution in [0.3, 0.4) is 0 Å². The van der Waals surface area contributed by atoms with Gasteiger partial charge in [-0.15, -0.1) is 16.9 Å².